The molecule has 1 aromatic carbocycles. The maximum atomic E-state index is 11.5. The van der Waals surface area contributed by atoms with Crippen LogP contribution in [0.15, 0.2) is 24.3 Å². The minimum atomic E-state index is -3.11. The lowest BCUT2D eigenvalue weighted by Gasteiger charge is -2.37. The van der Waals surface area contributed by atoms with Gasteiger partial charge in [-0.05, 0) is 24.6 Å². The standard InChI is InChI=1S/C14H20N2O4S/c1-11(12-3-5-13(6-4-12)14(17)18)15-7-9-16(10-8-15)21(2,19)20/h3-6,11H,7-10H2,1-2H3,(H,17,18)/t11-/m1/s1. The summed E-state index contributed by atoms with van der Waals surface area (Å²) < 4.78 is 24.5. The number of aromatic carboxylic acids is 1. The average molecular weight is 312 g/mol. The average Bonchev–Trinajstić information content (AvgIpc) is 2.46. The fourth-order valence-electron chi connectivity index (χ4n) is 2.54. The van der Waals surface area contributed by atoms with Crippen molar-refractivity contribution in [2.24, 2.45) is 0 Å². The van der Waals surface area contributed by atoms with Gasteiger partial charge in [0.1, 0.15) is 0 Å². The zero-order valence-electron chi connectivity index (χ0n) is 12.2. The Kier molecular flexibility index (Phi) is 4.65. The molecule has 2 rings (SSSR count). The van der Waals surface area contributed by atoms with Gasteiger partial charge in [-0.1, -0.05) is 12.1 Å². The van der Waals surface area contributed by atoms with Gasteiger partial charge in [0.2, 0.25) is 10.0 Å². The van der Waals surface area contributed by atoms with E-state index < -0.39 is 16.0 Å². The molecule has 6 nitrogen and oxygen atoms in total. The monoisotopic (exact) mass is 312 g/mol. The molecule has 1 atom stereocenters. The normalized spacial score (nSPS) is 19.3. The van der Waals surface area contributed by atoms with Crippen LogP contribution in [0.2, 0.25) is 0 Å². The molecule has 0 bridgehead atoms. The smallest absolute Gasteiger partial charge is 0.335 e. The summed E-state index contributed by atoms with van der Waals surface area (Å²) in [5.74, 6) is -0.934. The van der Waals surface area contributed by atoms with E-state index in [1.165, 1.54) is 10.6 Å². The van der Waals surface area contributed by atoms with E-state index in [2.05, 4.69) is 4.90 Å². The van der Waals surface area contributed by atoms with Crippen LogP contribution in [0.4, 0.5) is 0 Å². The molecule has 1 aliphatic rings. The highest BCUT2D eigenvalue weighted by Gasteiger charge is 2.26. The molecule has 0 unspecified atom stereocenters. The van der Waals surface area contributed by atoms with Gasteiger partial charge in [-0.25, -0.2) is 13.2 Å². The molecular weight excluding hydrogens is 292 g/mol. The number of hydrogen-bond donors (Lipinski definition) is 1. The van der Waals surface area contributed by atoms with Gasteiger partial charge in [0.05, 0.1) is 11.8 Å². The summed E-state index contributed by atoms with van der Waals surface area (Å²) in [6, 6.07) is 6.96. The number of carboxylic acid groups (broad SMARTS) is 1. The molecule has 1 fully saturated rings. The highest BCUT2D eigenvalue weighted by atomic mass is 32.2. The molecule has 0 amide bonds. The number of carboxylic acids is 1. The predicted octanol–water partition coefficient (Wildman–Crippen LogP) is 1.02. The summed E-state index contributed by atoms with van der Waals surface area (Å²) in [6.45, 7) is 4.39. The topological polar surface area (TPSA) is 77.9 Å². The molecule has 0 aliphatic carbocycles. The van der Waals surface area contributed by atoms with E-state index in [4.69, 9.17) is 5.11 Å². The molecule has 116 valence electrons. The Morgan fingerprint density at radius 3 is 2.10 bits per heavy atom. The number of sulfonamides is 1. The molecule has 1 heterocycles. The maximum Gasteiger partial charge on any atom is 0.335 e. The van der Waals surface area contributed by atoms with Crippen molar-refractivity contribution in [1.82, 2.24) is 9.21 Å². The number of rotatable bonds is 4. The first kappa shape index (κ1) is 15.9. The minimum absolute atomic E-state index is 0.134. The largest absolute Gasteiger partial charge is 0.478 e. The lowest BCUT2D eigenvalue weighted by Crippen LogP contribution is -2.48. The molecule has 0 aromatic heterocycles. The Morgan fingerprint density at radius 1 is 1.14 bits per heavy atom. The first-order valence-corrected chi connectivity index (χ1v) is 8.66. The van der Waals surface area contributed by atoms with E-state index in [-0.39, 0.29) is 11.6 Å². The lowest BCUT2D eigenvalue weighted by molar-refractivity contribution is 0.0697. The van der Waals surface area contributed by atoms with Crippen LogP contribution in [0.1, 0.15) is 28.9 Å². The number of nitrogens with zero attached hydrogens (tertiary/aromatic N) is 2. The molecule has 0 saturated carbocycles. The lowest BCUT2D eigenvalue weighted by atomic mass is 10.0. The summed E-state index contributed by atoms with van der Waals surface area (Å²) in [5.41, 5.74) is 1.31. The van der Waals surface area contributed by atoms with Crippen molar-refractivity contribution in [3.8, 4) is 0 Å². The summed E-state index contributed by atoms with van der Waals surface area (Å²) >= 11 is 0. The fraction of sp³-hybridized carbons (Fsp3) is 0.500. The molecule has 21 heavy (non-hydrogen) atoms. The fourth-order valence-corrected chi connectivity index (χ4v) is 3.36. The van der Waals surface area contributed by atoms with Gasteiger partial charge in [-0.2, -0.15) is 4.31 Å². The highest BCUT2D eigenvalue weighted by molar-refractivity contribution is 7.88. The quantitative estimate of drug-likeness (QED) is 0.898. The van der Waals surface area contributed by atoms with Crippen LogP contribution in [-0.2, 0) is 10.0 Å². The van der Waals surface area contributed by atoms with E-state index in [1.54, 1.807) is 12.1 Å². The molecule has 7 heteroatoms. The van der Waals surface area contributed by atoms with Crippen molar-refractivity contribution in [1.29, 1.82) is 0 Å². The van der Waals surface area contributed by atoms with Crippen LogP contribution in [-0.4, -0.2) is 61.1 Å². The molecule has 1 N–H and O–H groups in total. The van der Waals surface area contributed by atoms with Crippen molar-refractivity contribution in [2.75, 3.05) is 32.4 Å². The molecule has 1 aromatic rings. The number of piperazine rings is 1. The number of carbonyl (C=O) groups is 1. The molecule has 1 saturated heterocycles. The second kappa shape index (κ2) is 6.13. The summed E-state index contributed by atoms with van der Waals surface area (Å²) in [4.78, 5) is 13.0. The van der Waals surface area contributed by atoms with Crippen LogP contribution in [0.3, 0.4) is 0 Å². The summed E-state index contributed by atoms with van der Waals surface area (Å²) in [5, 5.41) is 8.90. The first-order chi connectivity index (χ1) is 9.79. The predicted molar refractivity (Wildman–Crippen MR) is 79.8 cm³/mol. The highest BCUT2D eigenvalue weighted by Crippen LogP contribution is 2.22. The van der Waals surface area contributed by atoms with E-state index in [0.717, 1.165) is 5.56 Å². The van der Waals surface area contributed by atoms with Crippen LogP contribution < -0.4 is 0 Å². The molecule has 0 spiro atoms. The Bertz CT molecular complexity index is 604. The second-order valence-corrected chi connectivity index (χ2v) is 7.28. The zero-order chi connectivity index (χ0) is 15.6. The Hall–Kier alpha value is -1.44. The third kappa shape index (κ3) is 3.81. The molecule has 0 radical (unpaired) electrons. The third-order valence-electron chi connectivity index (χ3n) is 3.93. The van der Waals surface area contributed by atoms with E-state index in [9.17, 15) is 13.2 Å². The molecular formula is C14H20N2O4S. The van der Waals surface area contributed by atoms with Crippen LogP contribution in [0, 0.1) is 0 Å². The Morgan fingerprint density at radius 2 is 1.67 bits per heavy atom. The zero-order valence-corrected chi connectivity index (χ0v) is 13.0. The van der Waals surface area contributed by atoms with Gasteiger partial charge in [0.25, 0.3) is 0 Å². The summed E-state index contributed by atoms with van der Waals surface area (Å²) in [6.07, 6.45) is 1.23. The minimum Gasteiger partial charge on any atom is -0.478 e. The van der Waals surface area contributed by atoms with Crippen molar-refractivity contribution in [2.45, 2.75) is 13.0 Å². The third-order valence-corrected chi connectivity index (χ3v) is 5.23. The van der Waals surface area contributed by atoms with E-state index >= 15 is 0 Å². The SMILES string of the molecule is C[C@H](c1ccc(C(=O)O)cc1)N1CCN(S(C)(=O)=O)CC1. The van der Waals surface area contributed by atoms with Gasteiger partial charge in [-0.3, -0.25) is 4.90 Å². The van der Waals surface area contributed by atoms with Gasteiger partial charge in [-0.15, -0.1) is 0 Å². The number of benzene rings is 1. The van der Waals surface area contributed by atoms with Gasteiger partial charge >= 0.3 is 5.97 Å². The number of hydrogen-bond acceptors (Lipinski definition) is 4. The van der Waals surface area contributed by atoms with Crippen molar-refractivity contribution >= 4 is 16.0 Å². The Labute approximate surface area is 125 Å². The first-order valence-electron chi connectivity index (χ1n) is 6.81. The van der Waals surface area contributed by atoms with Crippen LogP contribution >= 0.6 is 0 Å². The van der Waals surface area contributed by atoms with Crippen LogP contribution in [0.5, 0.6) is 0 Å². The van der Waals surface area contributed by atoms with Crippen molar-refractivity contribution in [3.05, 3.63) is 35.4 Å². The van der Waals surface area contributed by atoms with Gasteiger partial charge < -0.3 is 5.11 Å². The maximum absolute atomic E-state index is 11.5. The summed E-state index contributed by atoms with van der Waals surface area (Å²) in [7, 11) is -3.11. The van der Waals surface area contributed by atoms with Crippen molar-refractivity contribution in [3.63, 3.8) is 0 Å². The van der Waals surface area contributed by atoms with E-state index in [1.807, 2.05) is 19.1 Å². The second-order valence-electron chi connectivity index (χ2n) is 5.30. The van der Waals surface area contributed by atoms with Crippen molar-refractivity contribution < 1.29 is 18.3 Å². The van der Waals surface area contributed by atoms with Gasteiger partial charge in [0, 0.05) is 32.2 Å². The van der Waals surface area contributed by atoms with Crippen LogP contribution in [0.25, 0.3) is 0 Å². The molecule has 1 aliphatic heterocycles. The van der Waals surface area contributed by atoms with Gasteiger partial charge in [0.15, 0.2) is 0 Å². The van der Waals surface area contributed by atoms with E-state index in [0.29, 0.717) is 26.2 Å². The Balaban J connectivity index is 2.01.